The lowest BCUT2D eigenvalue weighted by atomic mass is 9.92. The average Bonchev–Trinajstić information content (AvgIpc) is 2.99. The highest BCUT2D eigenvalue weighted by Crippen LogP contribution is 2.43. The van der Waals surface area contributed by atoms with Gasteiger partial charge in [0, 0.05) is 27.8 Å². The van der Waals surface area contributed by atoms with Gasteiger partial charge < -0.3 is 10.4 Å². The molecule has 0 bridgehead atoms. The molecule has 0 radical (unpaired) electrons. The van der Waals surface area contributed by atoms with Crippen molar-refractivity contribution >= 4 is 42.6 Å². The summed E-state index contributed by atoms with van der Waals surface area (Å²) in [4.78, 5) is 12.5. The number of aliphatic hydroxyl groups excluding tert-OH is 1. The Kier molecular flexibility index (Phi) is 5.26. The Morgan fingerprint density at radius 2 is 2.00 bits per heavy atom. The van der Waals surface area contributed by atoms with Crippen molar-refractivity contribution in [3.63, 3.8) is 0 Å². The van der Waals surface area contributed by atoms with Gasteiger partial charge in [-0.15, -0.1) is 11.8 Å². The second-order valence-electron chi connectivity index (χ2n) is 5.93. The molecule has 0 aromatic heterocycles. The highest BCUT2D eigenvalue weighted by molar-refractivity contribution is 8.03. The molecule has 1 amide bonds. The number of hydrogen-bond acceptors (Lipinski definition) is 3. The molecular weight excluding hydrogens is 353 g/mol. The van der Waals surface area contributed by atoms with Crippen LogP contribution < -0.4 is 10.8 Å². The molecule has 1 atom stereocenters. The van der Waals surface area contributed by atoms with E-state index in [1.807, 2.05) is 50.3 Å². The van der Waals surface area contributed by atoms with E-state index in [0.717, 1.165) is 16.8 Å². The molecule has 0 saturated heterocycles. The normalized spacial score (nSPS) is 16.8. The molecule has 1 unspecified atom stereocenters. The second-order valence-corrected chi connectivity index (χ2v) is 7.39. The Labute approximate surface area is 157 Å². The summed E-state index contributed by atoms with van der Waals surface area (Å²) in [7, 11) is 1.94. The van der Waals surface area contributed by atoms with Crippen molar-refractivity contribution in [2.75, 3.05) is 5.75 Å². The number of amides is 1. The van der Waals surface area contributed by atoms with Crippen LogP contribution in [-0.4, -0.2) is 24.6 Å². The molecule has 6 heteroatoms. The van der Waals surface area contributed by atoms with Gasteiger partial charge in [0.2, 0.25) is 0 Å². The molecule has 0 fully saturated rings. The number of carbonyl (C=O) groups is 1. The van der Waals surface area contributed by atoms with E-state index in [0.29, 0.717) is 21.2 Å². The molecule has 126 valence electrons. The van der Waals surface area contributed by atoms with E-state index in [-0.39, 0.29) is 17.6 Å². The third kappa shape index (κ3) is 3.94. The molecule has 1 aliphatic rings. The van der Waals surface area contributed by atoms with Crippen molar-refractivity contribution < 1.29 is 9.90 Å². The van der Waals surface area contributed by atoms with Crippen LogP contribution in [0.5, 0.6) is 0 Å². The maximum Gasteiger partial charge on any atom is 0.256 e. The van der Waals surface area contributed by atoms with Crippen LogP contribution in [0.2, 0.25) is 5.02 Å². The van der Waals surface area contributed by atoms with Gasteiger partial charge in [-0.2, -0.15) is 0 Å². The van der Waals surface area contributed by atoms with Crippen molar-refractivity contribution in [3.8, 4) is 0 Å². The first-order valence-corrected chi connectivity index (χ1v) is 9.20. The van der Waals surface area contributed by atoms with Crippen molar-refractivity contribution in [3.05, 3.63) is 87.6 Å². The van der Waals surface area contributed by atoms with Crippen LogP contribution >= 0.6 is 23.4 Å². The van der Waals surface area contributed by atoms with E-state index in [1.54, 1.807) is 6.07 Å². The number of nitrogens with one attached hydrogen (secondary N) is 1. The van der Waals surface area contributed by atoms with Crippen molar-refractivity contribution in [1.29, 1.82) is 0 Å². The lowest BCUT2D eigenvalue weighted by Crippen LogP contribution is -2.23. The minimum absolute atomic E-state index is 0.0236. The molecule has 25 heavy (non-hydrogen) atoms. The molecule has 3 rings (SSSR count). The Morgan fingerprint density at radius 3 is 2.64 bits per heavy atom. The number of carbonyl (C=O) groups excluding carboxylic acids is 1. The number of thioether (sulfide) groups is 1. The van der Waals surface area contributed by atoms with Gasteiger partial charge in [-0.1, -0.05) is 54.0 Å². The van der Waals surface area contributed by atoms with E-state index in [4.69, 9.17) is 11.6 Å². The molecule has 2 N–H and O–H groups in total. The summed E-state index contributed by atoms with van der Waals surface area (Å²) in [6.07, 6.45) is 0. The Balaban J connectivity index is 1.89. The third-order valence-electron chi connectivity index (χ3n) is 4.08. The van der Waals surface area contributed by atoms with Crippen LogP contribution in [-0.2, 0) is 0 Å². The van der Waals surface area contributed by atoms with Gasteiger partial charge >= 0.3 is 0 Å². The van der Waals surface area contributed by atoms with Gasteiger partial charge in [-0.05, 0) is 23.8 Å². The van der Waals surface area contributed by atoms with E-state index in [1.165, 1.54) is 11.8 Å². The van der Waals surface area contributed by atoms with Gasteiger partial charge in [-0.3, -0.25) is 4.79 Å². The molecule has 1 aliphatic heterocycles. The number of halogens is 1. The van der Waals surface area contributed by atoms with Crippen LogP contribution in [0.3, 0.4) is 0 Å². The quantitative estimate of drug-likeness (QED) is 0.643. The highest BCUT2D eigenvalue weighted by atomic mass is 35.5. The zero-order chi connectivity index (χ0) is 18.0. The van der Waals surface area contributed by atoms with Gasteiger partial charge in [-0.25, -0.2) is 0 Å². The van der Waals surface area contributed by atoms with Gasteiger partial charge in [0.15, 0.2) is 0 Å². The zero-order valence-corrected chi connectivity index (χ0v) is 15.3. The fraction of sp³-hybridized carbons (Fsp3) is 0.105. The first-order chi connectivity index (χ1) is 12.0. The van der Waals surface area contributed by atoms with Crippen molar-refractivity contribution in [2.45, 2.75) is 5.92 Å². The van der Waals surface area contributed by atoms with Crippen LogP contribution in [0, 0.1) is 0 Å². The predicted molar refractivity (Wildman–Crippen MR) is 108 cm³/mol. The lowest BCUT2D eigenvalue weighted by Gasteiger charge is -2.15. The largest absolute Gasteiger partial charge is 0.508 e. The molecule has 1 heterocycles. The fourth-order valence-corrected chi connectivity index (χ4v) is 4.24. The topological polar surface area (TPSA) is 49.3 Å². The molecule has 0 aliphatic carbocycles. The van der Waals surface area contributed by atoms with Gasteiger partial charge in [0.1, 0.15) is 13.6 Å². The highest BCUT2D eigenvalue weighted by Gasteiger charge is 2.30. The molecule has 2 aromatic carbocycles. The summed E-state index contributed by atoms with van der Waals surface area (Å²) in [6.45, 7) is 3.68. The smallest absolute Gasteiger partial charge is 0.256 e. The van der Waals surface area contributed by atoms with E-state index >= 15 is 0 Å². The molecular formula is C19H17BClNO2S. The summed E-state index contributed by atoms with van der Waals surface area (Å²) >= 11 is 7.46. The van der Waals surface area contributed by atoms with Crippen molar-refractivity contribution in [2.24, 2.45) is 0 Å². The van der Waals surface area contributed by atoms with E-state index in [9.17, 15) is 9.90 Å². The number of aliphatic hydroxyl groups is 1. The summed E-state index contributed by atoms with van der Waals surface area (Å²) < 4.78 is 0. The number of hydrogen-bond donors (Lipinski definition) is 2. The molecule has 0 saturated carbocycles. The third-order valence-corrected chi connectivity index (χ3v) is 5.44. The Morgan fingerprint density at radius 1 is 1.28 bits per heavy atom. The van der Waals surface area contributed by atoms with Crippen LogP contribution in [0.25, 0.3) is 0 Å². The van der Waals surface area contributed by atoms with Crippen LogP contribution in [0.1, 0.15) is 21.8 Å². The summed E-state index contributed by atoms with van der Waals surface area (Å²) in [5.41, 5.74) is 3.30. The summed E-state index contributed by atoms with van der Waals surface area (Å²) in [6, 6.07) is 14.9. The zero-order valence-electron chi connectivity index (χ0n) is 13.8. The predicted octanol–water partition coefficient (Wildman–Crippen LogP) is 3.14. The Bertz CT molecular complexity index is 864. The van der Waals surface area contributed by atoms with Gasteiger partial charge in [0.05, 0.1) is 5.03 Å². The monoisotopic (exact) mass is 369 g/mol. The summed E-state index contributed by atoms with van der Waals surface area (Å²) in [5.74, 6) is 0.471. The van der Waals surface area contributed by atoms with Crippen molar-refractivity contribution in [1.82, 2.24) is 5.32 Å². The maximum atomic E-state index is 12.5. The first kappa shape index (κ1) is 17.7. The molecule has 0 spiro atoms. The van der Waals surface area contributed by atoms with E-state index < -0.39 is 0 Å². The number of rotatable bonds is 4. The standard InChI is InChI=1S/C19H17BClNO2S/c1-11(23)17-16(12-5-7-15(21)8-6-12)10-25-19(17)22-18(24)13-3-2-4-14(20)9-13/h2-9,16,23H,1,10,20H2,(H,22,24). The van der Waals surface area contributed by atoms with Crippen LogP contribution in [0.15, 0.2) is 71.5 Å². The Hall–Kier alpha value is -2.11. The minimum atomic E-state index is -0.193. The minimum Gasteiger partial charge on any atom is -0.508 e. The SMILES string of the molecule is Bc1cccc(C(=O)NC2=C(C(=C)O)C(c3ccc(Cl)cc3)CS2)c1. The maximum absolute atomic E-state index is 12.5. The summed E-state index contributed by atoms with van der Waals surface area (Å²) in [5, 5.41) is 14.3. The van der Waals surface area contributed by atoms with Crippen LogP contribution in [0.4, 0.5) is 0 Å². The lowest BCUT2D eigenvalue weighted by molar-refractivity contribution is 0.0968. The fourth-order valence-electron chi connectivity index (χ4n) is 2.84. The first-order valence-electron chi connectivity index (χ1n) is 7.84. The molecule has 3 nitrogen and oxygen atoms in total. The van der Waals surface area contributed by atoms with Gasteiger partial charge in [0.25, 0.3) is 5.91 Å². The average molecular weight is 370 g/mol. The second kappa shape index (κ2) is 7.42. The van der Waals surface area contributed by atoms with E-state index in [2.05, 4.69) is 11.9 Å². The number of benzene rings is 2. The number of allylic oxidation sites excluding steroid dienone is 1. The molecule has 2 aromatic rings.